The molecule has 0 amide bonds. The van der Waals surface area contributed by atoms with Crippen molar-refractivity contribution >= 4 is 11.8 Å². The van der Waals surface area contributed by atoms with Gasteiger partial charge in [-0.2, -0.15) is 4.68 Å². The zero-order valence-electron chi connectivity index (χ0n) is 13.1. The van der Waals surface area contributed by atoms with Crippen molar-refractivity contribution in [3.05, 3.63) is 46.6 Å². The van der Waals surface area contributed by atoms with Gasteiger partial charge in [0.25, 0.3) is 0 Å². The van der Waals surface area contributed by atoms with E-state index in [-0.39, 0.29) is 5.69 Å². The highest BCUT2D eigenvalue weighted by molar-refractivity contribution is 7.98. The average Bonchev–Trinajstić information content (AvgIpc) is 3.21. The van der Waals surface area contributed by atoms with Crippen LogP contribution in [0.3, 0.4) is 0 Å². The van der Waals surface area contributed by atoms with Crippen molar-refractivity contribution in [3.8, 4) is 5.69 Å². The maximum atomic E-state index is 11.8. The Morgan fingerprint density at radius 3 is 2.92 bits per heavy atom. The van der Waals surface area contributed by atoms with Crippen LogP contribution >= 0.6 is 11.8 Å². The molecule has 3 rings (SSSR count). The number of H-pyrrole nitrogens is 1. The van der Waals surface area contributed by atoms with E-state index in [0.29, 0.717) is 29.9 Å². The third-order valence-electron chi connectivity index (χ3n) is 3.32. The van der Waals surface area contributed by atoms with Gasteiger partial charge in [0.2, 0.25) is 0 Å². The lowest BCUT2D eigenvalue weighted by atomic mass is 10.3. The topological polar surface area (TPSA) is 104 Å². The van der Waals surface area contributed by atoms with Crippen molar-refractivity contribution in [2.75, 3.05) is 13.7 Å². The van der Waals surface area contributed by atoms with Crippen molar-refractivity contribution in [1.82, 2.24) is 35.0 Å². The first-order valence-corrected chi connectivity index (χ1v) is 8.38. The summed E-state index contributed by atoms with van der Waals surface area (Å²) in [5.41, 5.74) is 0.661. The van der Waals surface area contributed by atoms with Crippen LogP contribution in [0.4, 0.5) is 0 Å². The van der Waals surface area contributed by atoms with E-state index in [0.717, 1.165) is 12.1 Å². The second kappa shape index (κ2) is 7.88. The van der Waals surface area contributed by atoms with Gasteiger partial charge < -0.3 is 4.74 Å². The van der Waals surface area contributed by atoms with Crippen molar-refractivity contribution in [3.63, 3.8) is 0 Å². The van der Waals surface area contributed by atoms with Gasteiger partial charge in [-0.05, 0) is 29.0 Å². The smallest absolute Gasteiger partial charge is 0.343 e. The van der Waals surface area contributed by atoms with Gasteiger partial charge in [0, 0.05) is 20.3 Å². The van der Waals surface area contributed by atoms with Crippen LogP contribution < -0.4 is 5.69 Å². The van der Waals surface area contributed by atoms with Gasteiger partial charge in [-0.3, -0.25) is 4.57 Å². The molecule has 1 N–H and O–H groups in total. The third kappa shape index (κ3) is 3.71. The number of nitrogens with one attached hydrogen (secondary N) is 1. The number of ether oxygens (including phenoxy) is 1. The number of tetrazole rings is 1. The van der Waals surface area contributed by atoms with Crippen LogP contribution in [-0.2, 0) is 17.0 Å². The van der Waals surface area contributed by atoms with Crippen molar-refractivity contribution in [1.29, 1.82) is 0 Å². The van der Waals surface area contributed by atoms with Crippen LogP contribution in [0.1, 0.15) is 12.2 Å². The number of aromatic nitrogens is 7. The average molecular weight is 347 g/mol. The Hall–Kier alpha value is -2.46. The quantitative estimate of drug-likeness (QED) is 0.476. The number of hydrogen-bond donors (Lipinski definition) is 1. The van der Waals surface area contributed by atoms with Gasteiger partial charge in [0.1, 0.15) is 0 Å². The van der Waals surface area contributed by atoms with E-state index in [4.69, 9.17) is 4.74 Å². The number of nitrogens with zero attached hydrogens (tertiary/aromatic N) is 6. The molecule has 0 spiro atoms. The number of rotatable bonds is 8. The Morgan fingerprint density at radius 2 is 2.12 bits per heavy atom. The molecule has 0 aliphatic heterocycles. The van der Waals surface area contributed by atoms with E-state index < -0.39 is 0 Å². The fourth-order valence-corrected chi connectivity index (χ4v) is 3.05. The highest BCUT2D eigenvalue weighted by Gasteiger charge is 2.13. The van der Waals surface area contributed by atoms with Crippen LogP contribution in [0.2, 0.25) is 0 Å². The molecule has 9 nitrogen and oxygen atoms in total. The molecular weight excluding hydrogens is 330 g/mol. The lowest BCUT2D eigenvalue weighted by molar-refractivity contribution is 0.189. The molecular formula is C14H17N7O2S. The zero-order chi connectivity index (χ0) is 16.8. The molecule has 0 fully saturated rings. The Bertz CT molecular complexity index is 827. The van der Waals surface area contributed by atoms with Gasteiger partial charge in [-0.25, -0.2) is 9.89 Å². The third-order valence-corrected chi connectivity index (χ3v) is 4.29. The normalized spacial score (nSPS) is 11.0. The minimum atomic E-state index is -0.226. The Labute approximate surface area is 142 Å². The van der Waals surface area contributed by atoms with Crippen molar-refractivity contribution in [2.45, 2.75) is 23.9 Å². The van der Waals surface area contributed by atoms with Gasteiger partial charge >= 0.3 is 5.69 Å². The minimum Gasteiger partial charge on any atom is -0.385 e. The molecule has 2 heterocycles. The molecule has 0 saturated heterocycles. The van der Waals surface area contributed by atoms with Gasteiger partial charge in [0.15, 0.2) is 11.0 Å². The number of hydrogen-bond acceptors (Lipinski definition) is 7. The van der Waals surface area contributed by atoms with Gasteiger partial charge in [-0.1, -0.05) is 30.0 Å². The molecule has 0 atom stereocenters. The number of para-hydroxylation sites is 1. The van der Waals surface area contributed by atoms with Crippen LogP contribution in [0.25, 0.3) is 5.69 Å². The summed E-state index contributed by atoms with van der Waals surface area (Å²) in [6.45, 7) is 1.14. The molecule has 0 aliphatic rings. The fraction of sp³-hybridized carbons (Fsp3) is 0.357. The van der Waals surface area contributed by atoms with Crippen LogP contribution in [-0.4, -0.2) is 48.7 Å². The second-order valence-electron chi connectivity index (χ2n) is 4.94. The van der Waals surface area contributed by atoms with Crippen LogP contribution in [0, 0.1) is 0 Å². The molecule has 3 aromatic rings. The number of methoxy groups -OCH3 is 1. The van der Waals surface area contributed by atoms with Crippen molar-refractivity contribution in [2.24, 2.45) is 0 Å². The van der Waals surface area contributed by atoms with Crippen molar-refractivity contribution < 1.29 is 4.74 Å². The maximum absolute atomic E-state index is 11.8. The summed E-state index contributed by atoms with van der Waals surface area (Å²) in [7, 11) is 1.64. The molecule has 0 bridgehead atoms. The Kier molecular flexibility index (Phi) is 5.39. The minimum absolute atomic E-state index is 0.226. The molecule has 0 saturated carbocycles. The summed E-state index contributed by atoms with van der Waals surface area (Å²) in [6, 6.07) is 9.65. The molecule has 0 radical (unpaired) electrons. The van der Waals surface area contributed by atoms with Crippen LogP contribution in [0.5, 0.6) is 0 Å². The standard InChI is InChI=1S/C14H17N7O2S/c1-23-9-5-8-20-13(22)16-17-14(20)24-10-12-15-18-19-21(12)11-6-3-2-4-7-11/h2-4,6-7H,5,8-10H2,1H3,(H,16,22). The fourth-order valence-electron chi connectivity index (χ4n) is 2.17. The zero-order valence-corrected chi connectivity index (χ0v) is 13.9. The predicted octanol–water partition coefficient (Wildman–Crippen LogP) is 0.876. The molecule has 2 aromatic heterocycles. The molecule has 24 heavy (non-hydrogen) atoms. The highest BCUT2D eigenvalue weighted by atomic mass is 32.2. The molecule has 0 aliphatic carbocycles. The molecule has 1 aromatic carbocycles. The summed E-state index contributed by atoms with van der Waals surface area (Å²) in [4.78, 5) is 11.8. The van der Waals surface area contributed by atoms with E-state index >= 15 is 0 Å². The first kappa shape index (κ1) is 16.4. The number of benzene rings is 1. The lowest BCUT2D eigenvalue weighted by Gasteiger charge is -2.06. The largest absolute Gasteiger partial charge is 0.385 e. The Morgan fingerprint density at radius 1 is 1.29 bits per heavy atom. The maximum Gasteiger partial charge on any atom is 0.343 e. The monoisotopic (exact) mass is 347 g/mol. The summed E-state index contributed by atoms with van der Waals surface area (Å²) < 4.78 is 8.29. The van der Waals surface area contributed by atoms with Gasteiger partial charge in [-0.15, -0.1) is 10.2 Å². The molecule has 126 valence electrons. The highest BCUT2D eigenvalue weighted by Crippen LogP contribution is 2.19. The van der Waals surface area contributed by atoms with Crippen LogP contribution in [0.15, 0.2) is 40.3 Å². The summed E-state index contributed by atoms with van der Waals surface area (Å²) in [5, 5.41) is 19.0. The first-order valence-electron chi connectivity index (χ1n) is 7.39. The Balaban J connectivity index is 1.71. The number of thioether (sulfide) groups is 1. The van der Waals surface area contributed by atoms with E-state index in [2.05, 4.69) is 25.7 Å². The second-order valence-corrected chi connectivity index (χ2v) is 5.88. The van der Waals surface area contributed by atoms with E-state index in [1.807, 2.05) is 30.3 Å². The predicted molar refractivity (Wildman–Crippen MR) is 88.1 cm³/mol. The summed E-state index contributed by atoms with van der Waals surface area (Å²) in [6.07, 6.45) is 0.741. The summed E-state index contributed by atoms with van der Waals surface area (Å²) >= 11 is 1.41. The molecule has 0 unspecified atom stereocenters. The molecule has 10 heteroatoms. The van der Waals surface area contributed by atoms with E-state index in [1.54, 1.807) is 16.4 Å². The van der Waals surface area contributed by atoms with E-state index in [1.165, 1.54) is 11.8 Å². The lowest BCUT2D eigenvalue weighted by Crippen LogP contribution is -2.18. The van der Waals surface area contributed by atoms with Gasteiger partial charge in [0.05, 0.1) is 11.4 Å². The van der Waals surface area contributed by atoms with E-state index in [9.17, 15) is 4.79 Å². The SMILES string of the molecule is COCCCn1c(SCc2nnnn2-c2ccccc2)n[nH]c1=O. The number of aromatic amines is 1. The summed E-state index contributed by atoms with van der Waals surface area (Å²) in [5.74, 6) is 1.18. The first-order chi connectivity index (χ1) is 11.8.